The first-order chi connectivity index (χ1) is 9.10. The van der Waals surface area contributed by atoms with Crippen molar-refractivity contribution >= 4 is 33.4 Å². The van der Waals surface area contributed by atoms with Crippen molar-refractivity contribution < 1.29 is 4.79 Å². The second kappa shape index (κ2) is 6.76. The van der Waals surface area contributed by atoms with Gasteiger partial charge >= 0.3 is 0 Å². The van der Waals surface area contributed by atoms with E-state index in [4.69, 9.17) is 11.6 Å². The maximum Gasteiger partial charge on any atom is 0.253 e. The summed E-state index contributed by atoms with van der Waals surface area (Å²) in [5.74, 6) is 0.780. The molecule has 0 bridgehead atoms. The van der Waals surface area contributed by atoms with Gasteiger partial charge in [-0.15, -0.1) is 0 Å². The Hall–Kier alpha value is -0.540. The predicted molar refractivity (Wildman–Crippen MR) is 82.7 cm³/mol. The number of carbonyl (C=O) groups excluding carboxylic acids is 1. The molecule has 0 aliphatic heterocycles. The monoisotopic (exact) mass is 343 g/mol. The van der Waals surface area contributed by atoms with Crippen molar-refractivity contribution in [1.82, 2.24) is 5.32 Å². The first-order valence-corrected chi connectivity index (χ1v) is 8.03. The lowest BCUT2D eigenvalue weighted by atomic mass is 9.84. The Bertz CT molecular complexity index is 455. The molecule has 1 N–H and O–H groups in total. The minimum absolute atomic E-state index is 0.0579. The van der Waals surface area contributed by atoms with Gasteiger partial charge in [0, 0.05) is 10.5 Å². The molecule has 1 fully saturated rings. The van der Waals surface area contributed by atoms with Crippen LogP contribution in [-0.4, -0.2) is 11.9 Å². The SMILES string of the molecule is CCC1CCC(NC(=O)c2ccc(Br)cc2Cl)CC1. The van der Waals surface area contributed by atoms with Crippen LogP contribution in [0, 0.1) is 5.92 Å². The molecule has 0 radical (unpaired) electrons. The van der Waals surface area contributed by atoms with E-state index in [2.05, 4.69) is 28.2 Å². The first kappa shape index (κ1) is 14.9. The lowest BCUT2D eigenvalue weighted by molar-refractivity contribution is 0.0922. The van der Waals surface area contributed by atoms with Crippen LogP contribution in [0.2, 0.25) is 5.02 Å². The summed E-state index contributed by atoms with van der Waals surface area (Å²) >= 11 is 9.44. The maximum atomic E-state index is 12.2. The molecule has 0 spiro atoms. The molecule has 4 heteroatoms. The van der Waals surface area contributed by atoms with E-state index in [1.54, 1.807) is 12.1 Å². The van der Waals surface area contributed by atoms with Crippen molar-refractivity contribution in [1.29, 1.82) is 0 Å². The minimum atomic E-state index is -0.0579. The van der Waals surface area contributed by atoms with Crippen molar-refractivity contribution in [3.8, 4) is 0 Å². The Morgan fingerprint density at radius 2 is 2.05 bits per heavy atom. The molecule has 1 saturated carbocycles. The van der Waals surface area contributed by atoms with E-state index in [9.17, 15) is 4.79 Å². The fraction of sp³-hybridized carbons (Fsp3) is 0.533. The van der Waals surface area contributed by atoms with Crippen molar-refractivity contribution in [2.45, 2.75) is 45.1 Å². The van der Waals surface area contributed by atoms with Gasteiger partial charge < -0.3 is 5.32 Å². The predicted octanol–water partition coefficient (Wildman–Crippen LogP) is 4.80. The summed E-state index contributed by atoms with van der Waals surface area (Å²) in [4.78, 5) is 12.2. The van der Waals surface area contributed by atoms with Crippen LogP contribution in [-0.2, 0) is 0 Å². The van der Waals surface area contributed by atoms with Crippen LogP contribution in [0.1, 0.15) is 49.4 Å². The molecule has 1 aliphatic carbocycles. The van der Waals surface area contributed by atoms with Crippen LogP contribution in [0.4, 0.5) is 0 Å². The molecule has 1 amide bonds. The molecule has 19 heavy (non-hydrogen) atoms. The van der Waals surface area contributed by atoms with Crippen molar-refractivity contribution in [3.63, 3.8) is 0 Å². The summed E-state index contributed by atoms with van der Waals surface area (Å²) in [5, 5.41) is 3.60. The lowest BCUT2D eigenvalue weighted by Gasteiger charge is -2.28. The second-order valence-corrected chi connectivity index (χ2v) is 6.55. The molecule has 1 aliphatic rings. The van der Waals surface area contributed by atoms with Gasteiger partial charge in [-0.2, -0.15) is 0 Å². The van der Waals surface area contributed by atoms with E-state index in [0.29, 0.717) is 16.6 Å². The molecule has 2 rings (SSSR count). The van der Waals surface area contributed by atoms with E-state index >= 15 is 0 Å². The van der Waals surface area contributed by atoms with Gasteiger partial charge in [0.1, 0.15) is 0 Å². The van der Waals surface area contributed by atoms with Gasteiger partial charge in [0.15, 0.2) is 0 Å². The molecular formula is C15H19BrClNO. The Balaban J connectivity index is 1.94. The summed E-state index contributed by atoms with van der Waals surface area (Å²) in [6, 6.07) is 5.66. The molecule has 1 aromatic carbocycles. The van der Waals surface area contributed by atoms with Crippen LogP contribution >= 0.6 is 27.5 Å². The average Bonchev–Trinajstić information content (AvgIpc) is 2.39. The highest BCUT2D eigenvalue weighted by Gasteiger charge is 2.22. The summed E-state index contributed by atoms with van der Waals surface area (Å²) in [5.41, 5.74) is 0.558. The van der Waals surface area contributed by atoms with Crippen LogP contribution in [0.15, 0.2) is 22.7 Å². The number of amides is 1. The van der Waals surface area contributed by atoms with Crippen molar-refractivity contribution in [3.05, 3.63) is 33.3 Å². The Labute approximate surface area is 128 Å². The van der Waals surface area contributed by atoms with Gasteiger partial charge in [0.05, 0.1) is 10.6 Å². The molecular weight excluding hydrogens is 326 g/mol. The zero-order valence-corrected chi connectivity index (χ0v) is 13.4. The third kappa shape index (κ3) is 3.96. The summed E-state index contributed by atoms with van der Waals surface area (Å²) < 4.78 is 0.887. The molecule has 104 valence electrons. The van der Waals surface area contributed by atoms with E-state index in [1.165, 1.54) is 19.3 Å². The molecule has 0 aromatic heterocycles. The van der Waals surface area contributed by atoms with Gasteiger partial charge in [-0.05, 0) is 49.8 Å². The number of nitrogens with one attached hydrogen (secondary N) is 1. The summed E-state index contributed by atoms with van der Waals surface area (Å²) in [6.45, 7) is 2.24. The fourth-order valence-electron chi connectivity index (χ4n) is 2.65. The first-order valence-electron chi connectivity index (χ1n) is 6.86. The summed E-state index contributed by atoms with van der Waals surface area (Å²) in [7, 11) is 0. The highest BCUT2D eigenvalue weighted by molar-refractivity contribution is 9.10. The normalized spacial score (nSPS) is 23.1. The zero-order valence-electron chi connectivity index (χ0n) is 11.1. The van der Waals surface area contributed by atoms with E-state index in [0.717, 1.165) is 23.2 Å². The maximum absolute atomic E-state index is 12.2. The van der Waals surface area contributed by atoms with Gasteiger partial charge in [-0.3, -0.25) is 4.79 Å². The molecule has 2 nitrogen and oxygen atoms in total. The number of hydrogen-bond acceptors (Lipinski definition) is 1. The number of carbonyl (C=O) groups is 1. The summed E-state index contributed by atoms with van der Waals surface area (Å²) in [6.07, 6.45) is 5.85. The highest BCUT2D eigenvalue weighted by atomic mass is 79.9. The fourth-order valence-corrected chi connectivity index (χ4v) is 3.41. The smallest absolute Gasteiger partial charge is 0.253 e. The molecule has 1 aromatic rings. The molecule has 0 atom stereocenters. The average molecular weight is 345 g/mol. The topological polar surface area (TPSA) is 29.1 Å². The highest BCUT2D eigenvalue weighted by Crippen LogP contribution is 2.27. The largest absolute Gasteiger partial charge is 0.349 e. The number of halogens is 2. The Morgan fingerprint density at radius 1 is 1.37 bits per heavy atom. The second-order valence-electron chi connectivity index (χ2n) is 5.22. The van der Waals surface area contributed by atoms with Gasteiger partial charge in [-0.25, -0.2) is 0 Å². The molecule has 0 unspecified atom stereocenters. The zero-order chi connectivity index (χ0) is 13.8. The van der Waals surface area contributed by atoms with E-state index < -0.39 is 0 Å². The van der Waals surface area contributed by atoms with Gasteiger partial charge in [-0.1, -0.05) is 40.9 Å². The van der Waals surface area contributed by atoms with E-state index in [1.807, 2.05) is 6.07 Å². The third-order valence-corrected chi connectivity index (χ3v) is 4.74. The minimum Gasteiger partial charge on any atom is -0.349 e. The third-order valence-electron chi connectivity index (χ3n) is 3.94. The molecule has 0 saturated heterocycles. The van der Waals surface area contributed by atoms with Crippen molar-refractivity contribution in [2.24, 2.45) is 5.92 Å². The van der Waals surface area contributed by atoms with Gasteiger partial charge in [0.2, 0.25) is 0 Å². The number of rotatable bonds is 3. The molecule has 0 heterocycles. The van der Waals surface area contributed by atoms with Crippen LogP contribution in [0.3, 0.4) is 0 Å². The quantitative estimate of drug-likeness (QED) is 0.838. The van der Waals surface area contributed by atoms with Gasteiger partial charge in [0.25, 0.3) is 5.91 Å². The Morgan fingerprint density at radius 3 is 2.63 bits per heavy atom. The standard InChI is InChI=1S/C15H19BrClNO/c1-2-10-3-6-12(7-4-10)18-15(19)13-8-5-11(16)9-14(13)17/h5,8-10,12H,2-4,6-7H2,1H3,(H,18,19). The lowest BCUT2D eigenvalue weighted by Crippen LogP contribution is -2.37. The Kier molecular flexibility index (Phi) is 5.28. The van der Waals surface area contributed by atoms with Crippen molar-refractivity contribution in [2.75, 3.05) is 0 Å². The van der Waals surface area contributed by atoms with Crippen LogP contribution in [0.5, 0.6) is 0 Å². The number of hydrogen-bond donors (Lipinski definition) is 1. The van der Waals surface area contributed by atoms with Crippen LogP contribution in [0.25, 0.3) is 0 Å². The number of benzene rings is 1. The van der Waals surface area contributed by atoms with Crippen LogP contribution < -0.4 is 5.32 Å². The van der Waals surface area contributed by atoms with E-state index in [-0.39, 0.29) is 5.91 Å².